The molecule has 7 fully saturated rings. The monoisotopic (exact) mass is 768 g/mol. The van der Waals surface area contributed by atoms with Crippen LogP contribution in [0.1, 0.15) is 183 Å². The van der Waals surface area contributed by atoms with E-state index in [1.54, 1.807) is 0 Å². The van der Waals surface area contributed by atoms with Crippen LogP contribution in [0.4, 0.5) is 0 Å². The topological polar surface area (TPSA) is 110 Å². The standard InChI is InChI=1S/C49H85NO5/c1-7-8-11-35(51)26-32-25-33-18-21-48(5)38(13-15-39(48)45(33)42(53)27-32)31(3)12-17-44(55)50-24-9-10-30(2)37-14-16-40-46-41(20-23-49(37,40)6)47(4)22-19-36(52)28-34(47)29-43(46)54/h30-43,45-46,51-54H,7-29H2,1-6H3,(H,50,55)/t30-,31+,32?,33+,34?,35+,36-,37-,38+,39?,40?,41+,42-,43+,45+,46+,47+,48+,49-/m0/s1. The van der Waals surface area contributed by atoms with Gasteiger partial charge in [-0.3, -0.25) is 4.79 Å². The van der Waals surface area contributed by atoms with E-state index in [0.29, 0.717) is 82.9 Å². The van der Waals surface area contributed by atoms with Crippen molar-refractivity contribution in [2.45, 2.75) is 207 Å². The zero-order chi connectivity index (χ0) is 39.3. The molecule has 7 saturated carbocycles. The number of fused-ring (bicyclic) bond motifs is 8. The Morgan fingerprint density at radius 3 is 2.02 bits per heavy atom. The number of aliphatic hydroxyl groups excluding tert-OH is 4. The van der Waals surface area contributed by atoms with Crippen molar-refractivity contribution in [3.8, 4) is 0 Å². The van der Waals surface area contributed by atoms with Crippen LogP contribution in [0.25, 0.3) is 0 Å². The highest BCUT2D eigenvalue weighted by molar-refractivity contribution is 5.75. The highest BCUT2D eigenvalue weighted by Gasteiger charge is 2.63. The molecular formula is C49H85NO5. The quantitative estimate of drug-likeness (QED) is 0.113. The number of carbonyl (C=O) groups is 1. The van der Waals surface area contributed by atoms with Crippen molar-refractivity contribution in [1.82, 2.24) is 5.32 Å². The number of hydrogen-bond donors (Lipinski definition) is 5. The summed E-state index contributed by atoms with van der Waals surface area (Å²) in [6.07, 6.45) is 22.8. The zero-order valence-corrected chi connectivity index (χ0v) is 36.2. The summed E-state index contributed by atoms with van der Waals surface area (Å²) in [5.41, 5.74) is 0.859. The molecule has 0 heterocycles. The lowest BCUT2D eigenvalue weighted by atomic mass is 9.43. The molecule has 6 nitrogen and oxygen atoms in total. The molecule has 7 aliphatic rings. The second-order valence-corrected chi connectivity index (χ2v) is 22.5. The molecular weight excluding hydrogens is 683 g/mol. The maximum absolute atomic E-state index is 13.2. The summed E-state index contributed by atoms with van der Waals surface area (Å²) >= 11 is 0. The summed E-state index contributed by atoms with van der Waals surface area (Å²) in [7, 11) is 0. The van der Waals surface area contributed by atoms with Crippen molar-refractivity contribution < 1.29 is 25.2 Å². The summed E-state index contributed by atoms with van der Waals surface area (Å²) in [4.78, 5) is 13.2. The van der Waals surface area contributed by atoms with Crippen LogP contribution in [0.2, 0.25) is 0 Å². The molecule has 55 heavy (non-hydrogen) atoms. The lowest BCUT2D eigenvalue weighted by Gasteiger charge is -2.62. The van der Waals surface area contributed by atoms with Crippen molar-refractivity contribution >= 4 is 5.91 Å². The number of unbranched alkanes of at least 4 members (excludes halogenated alkanes) is 1. The third-order valence-corrected chi connectivity index (χ3v) is 19.8. The number of amides is 1. The fourth-order valence-electron chi connectivity index (χ4n) is 16.9. The van der Waals surface area contributed by atoms with Gasteiger partial charge in [-0.2, -0.15) is 0 Å². The first kappa shape index (κ1) is 42.4. The van der Waals surface area contributed by atoms with Gasteiger partial charge in [-0.05, 0) is 209 Å². The first-order valence-electron chi connectivity index (χ1n) is 24.2. The van der Waals surface area contributed by atoms with E-state index in [4.69, 9.17) is 0 Å². The maximum atomic E-state index is 13.2. The van der Waals surface area contributed by atoms with Crippen molar-refractivity contribution in [3.63, 3.8) is 0 Å². The number of aliphatic hydroxyl groups is 4. The zero-order valence-electron chi connectivity index (χ0n) is 36.2. The van der Waals surface area contributed by atoms with E-state index in [-0.39, 0.29) is 41.2 Å². The molecule has 0 radical (unpaired) electrons. The van der Waals surface area contributed by atoms with Crippen LogP contribution in [0.15, 0.2) is 0 Å². The van der Waals surface area contributed by atoms with Gasteiger partial charge in [0.05, 0.1) is 24.4 Å². The minimum absolute atomic E-state index is 0.177. The van der Waals surface area contributed by atoms with E-state index in [9.17, 15) is 25.2 Å². The van der Waals surface area contributed by atoms with Crippen molar-refractivity contribution in [3.05, 3.63) is 0 Å². The second-order valence-electron chi connectivity index (χ2n) is 22.5. The molecule has 0 bridgehead atoms. The van der Waals surface area contributed by atoms with E-state index < -0.39 is 0 Å². The number of nitrogens with one attached hydrogen (secondary N) is 1. The van der Waals surface area contributed by atoms with Crippen LogP contribution in [0.3, 0.4) is 0 Å². The fraction of sp³-hybridized carbons (Fsp3) is 0.980. The molecule has 1 amide bonds. The Morgan fingerprint density at radius 2 is 1.31 bits per heavy atom. The Balaban J connectivity index is 0.836. The smallest absolute Gasteiger partial charge is 0.220 e. The van der Waals surface area contributed by atoms with Crippen LogP contribution in [-0.2, 0) is 4.79 Å². The first-order valence-corrected chi connectivity index (χ1v) is 24.2. The molecule has 5 N–H and O–H groups in total. The molecule has 0 spiro atoms. The molecule has 4 unspecified atom stereocenters. The summed E-state index contributed by atoms with van der Waals surface area (Å²) in [6, 6.07) is 0. The predicted octanol–water partition coefficient (Wildman–Crippen LogP) is 9.70. The van der Waals surface area contributed by atoms with Gasteiger partial charge in [0.1, 0.15) is 0 Å². The maximum Gasteiger partial charge on any atom is 0.220 e. The molecule has 0 aliphatic heterocycles. The van der Waals surface area contributed by atoms with E-state index in [2.05, 4.69) is 46.9 Å². The third kappa shape index (κ3) is 8.14. The van der Waals surface area contributed by atoms with Crippen LogP contribution < -0.4 is 5.32 Å². The SMILES string of the molecule is CCCC[C@@H](O)CC1C[C@H]2CC[C@@]3(C)C(CC[C@@H]3[C@H](C)CCC(=O)NCCC[C@H](C)[C@@H]3CCC4[C@H]5[C@H](O)CC6C[C@@H](O)CC[C@@]6(C)[C@@H]5CC[C@]43C)[C@@H]2[C@@H](O)C1. The molecule has 0 saturated heterocycles. The van der Waals surface area contributed by atoms with Gasteiger partial charge in [-0.1, -0.05) is 54.4 Å². The van der Waals surface area contributed by atoms with Crippen LogP contribution in [0, 0.1) is 87.3 Å². The minimum atomic E-state index is -0.225. The Labute approximate surface area is 336 Å². The molecule has 7 rings (SSSR count). The van der Waals surface area contributed by atoms with E-state index in [0.717, 1.165) is 83.6 Å². The van der Waals surface area contributed by atoms with E-state index in [1.807, 2.05) is 0 Å². The Kier molecular flexibility index (Phi) is 13.2. The van der Waals surface area contributed by atoms with E-state index >= 15 is 0 Å². The third-order valence-electron chi connectivity index (χ3n) is 19.8. The molecule has 316 valence electrons. The average molecular weight is 768 g/mol. The van der Waals surface area contributed by atoms with Gasteiger partial charge in [0.25, 0.3) is 0 Å². The highest BCUT2D eigenvalue weighted by atomic mass is 16.3. The predicted molar refractivity (Wildman–Crippen MR) is 222 cm³/mol. The van der Waals surface area contributed by atoms with E-state index in [1.165, 1.54) is 57.8 Å². The number of carbonyl (C=O) groups excluding carboxylic acids is 1. The first-order chi connectivity index (χ1) is 26.2. The number of hydrogen-bond acceptors (Lipinski definition) is 5. The van der Waals surface area contributed by atoms with Gasteiger partial charge < -0.3 is 25.7 Å². The number of rotatable bonds is 14. The Hall–Kier alpha value is -0.690. The molecule has 19 atom stereocenters. The normalized spacial score (nSPS) is 48.1. The van der Waals surface area contributed by atoms with Crippen molar-refractivity contribution in [1.29, 1.82) is 0 Å². The van der Waals surface area contributed by atoms with Gasteiger partial charge >= 0.3 is 0 Å². The van der Waals surface area contributed by atoms with Crippen LogP contribution in [0.5, 0.6) is 0 Å². The molecule has 7 aliphatic carbocycles. The van der Waals surface area contributed by atoms with Crippen molar-refractivity contribution in [2.75, 3.05) is 6.54 Å². The Morgan fingerprint density at radius 1 is 0.691 bits per heavy atom. The van der Waals surface area contributed by atoms with Gasteiger partial charge in [-0.25, -0.2) is 0 Å². The minimum Gasteiger partial charge on any atom is -0.393 e. The molecule has 0 aromatic carbocycles. The van der Waals surface area contributed by atoms with Gasteiger partial charge in [-0.15, -0.1) is 0 Å². The largest absolute Gasteiger partial charge is 0.393 e. The summed E-state index contributed by atoms with van der Waals surface area (Å²) in [5, 5.41) is 47.5. The lowest BCUT2D eigenvalue weighted by Crippen LogP contribution is -2.58. The van der Waals surface area contributed by atoms with Crippen molar-refractivity contribution in [2.24, 2.45) is 87.3 Å². The van der Waals surface area contributed by atoms with Gasteiger partial charge in [0, 0.05) is 13.0 Å². The van der Waals surface area contributed by atoms with Crippen LogP contribution in [-0.4, -0.2) is 57.3 Å². The lowest BCUT2D eigenvalue weighted by molar-refractivity contribution is -0.174. The molecule has 6 heteroatoms. The summed E-state index contributed by atoms with van der Waals surface area (Å²) < 4.78 is 0. The summed E-state index contributed by atoms with van der Waals surface area (Å²) in [6.45, 7) is 15.5. The average Bonchev–Trinajstić information content (AvgIpc) is 3.69. The summed E-state index contributed by atoms with van der Waals surface area (Å²) in [5.74, 6) is 6.91. The van der Waals surface area contributed by atoms with Gasteiger partial charge in [0.15, 0.2) is 0 Å². The Bertz CT molecular complexity index is 1290. The van der Waals surface area contributed by atoms with Crippen LogP contribution >= 0.6 is 0 Å². The fourth-order valence-corrected chi connectivity index (χ4v) is 16.9. The second kappa shape index (κ2) is 17.1. The molecule has 0 aromatic heterocycles. The highest BCUT2D eigenvalue weighted by Crippen LogP contribution is 2.69. The van der Waals surface area contributed by atoms with Gasteiger partial charge in [0.2, 0.25) is 5.91 Å². The molecule has 0 aromatic rings.